The van der Waals surface area contributed by atoms with Gasteiger partial charge in [-0.25, -0.2) is 0 Å². The van der Waals surface area contributed by atoms with Gasteiger partial charge in [0.1, 0.15) is 6.04 Å². The molecular weight excluding hydrogens is 322 g/mol. The molecule has 1 fully saturated rings. The molecular formula is C20H22ClNO2. The van der Waals surface area contributed by atoms with E-state index in [1.54, 1.807) is 0 Å². The summed E-state index contributed by atoms with van der Waals surface area (Å²) in [6.45, 7) is 0. The maximum absolute atomic E-state index is 11.6. The first-order valence-electron chi connectivity index (χ1n) is 8.40. The zero-order valence-electron chi connectivity index (χ0n) is 13.5. The highest BCUT2D eigenvalue weighted by molar-refractivity contribution is 6.30. The van der Waals surface area contributed by atoms with Crippen molar-refractivity contribution >= 4 is 17.6 Å². The Bertz CT molecular complexity index is 672. The maximum atomic E-state index is 11.6. The summed E-state index contributed by atoms with van der Waals surface area (Å²) in [5, 5.41) is 13.6. The fraction of sp³-hybridized carbons (Fsp3) is 0.350. The van der Waals surface area contributed by atoms with Crippen molar-refractivity contribution in [2.75, 3.05) is 0 Å². The minimum atomic E-state index is -0.784. The van der Waals surface area contributed by atoms with Crippen LogP contribution < -0.4 is 5.32 Å². The molecule has 0 heterocycles. The Balaban J connectivity index is 1.60. The van der Waals surface area contributed by atoms with Crippen LogP contribution in [0.5, 0.6) is 0 Å². The van der Waals surface area contributed by atoms with Gasteiger partial charge in [-0.2, -0.15) is 0 Å². The molecule has 0 amide bonds. The summed E-state index contributed by atoms with van der Waals surface area (Å²) in [6, 6.07) is 17.5. The standard InChI is InChI=1S/C20H22ClNO2/c21-17-9-6-15(7-10-17)16-8-11-18(13-16)22-19(20(23)24)12-14-4-2-1-3-5-14/h1-7,9-10,16,18-19,22H,8,11-13H2,(H,23,24)/t16?,18?,19-/m1/s1. The van der Waals surface area contributed by atoms with Crippen molar-refractivity contribution in [3.8, 4) is 0 Å². The first kappa shape index (κ1) is 17.0. The first-order chi connectivity index (χ1) is 11.6. The van der Waals surface area contributed by atoms with Crippen LogP contribution in [0.15, 0.2) is 54.6 Å². The molecule has 3 atom stereocenters. The van der Waals surface area contributed by atoms with Gasteiger partial charge < -0.3 is 10.4 Å². The van der Waals surface area contributed by atoms with Crippen molar-refractivity contribution in [3.05, 3.63) is 70.7 Å². The summed E-state index contributed by atoms with van der Waals surface area (Å²) in [7, 11) is 0. The number of nitrogens with one attached hydrogen (secondary N) is 1. The summed E-state index contributed by atoms with van der Waals surface area (Å²) in [4.78, 5) is 11.6. The second kappa shape index (κ2) is 7.82. The number of benzene rings is 2. The molecule has 126 valence electrons. The van der Waals surface area contributed by atoms with Crippen LogP contribution in [0.4, 0.5) is 0 Å². The highest BCUT2D eigenvalue weighted by Gasteiger charge is 2.29. The van der Waals surface area contributed by atoms with E-state index in [1.165, 1.54) is 5.56 Å². The number of halogens is 1. The molecule has 4 heteroatoms. The summed E-state index contributed by atoms with van der Waals surface area (Å²) in [5.74, 6) is -0.306. The van der Waals surface area contributed by atoms with Crippen LogP contribution in [-0.2, 0) is 11.2 Å². The molecule has 0 bridgehead atoms. The second-order valence-electron chi connectivity index (χ2n) is 6.51. The van der Waals surface area contributed by atoms with E-state index >= 15 is 0 Å². The quantitative estimate of drug-likeness (QED) is 0.823. The van der Waals surface area contributed by atoms with Crippen molar-refractivity contribution in [2.45, 2.75) is 43.7 Å². The van der Waals surface area contributed by atoms with Crippen LogP contribution in [0.25, 0.3) is 0 Å². The number of carboxylic acid groups (broad SMARTS) is 1. The molecule has 24 heavy (non-hydrogen) atoms. The van der Waals surface area contributed by atoms with Crippen LogP contribution in [-0.4, -0.2) is 23.2 Å². The Kier molecular flexibility index (Phi) is 5.54. The Labute approximate surface area is 147 Å². The van der Waals surface area contributed by atoms with E-state index in [1.807, 2.05) is 42.5 Å². The van der Waals surface area contributed by atoms with Gasteiger partial charge in [0, 0.05) is 11.1 Å². The molecule has 1 aliphatic rings. The average Bonchev–Trinajstić information content (AvgIpc) is 3.04. The van der Waals surface area contributed by atoms with Crippen LogP contribution in [0.3, 0.4) is 0 Å². The number of hydrogen-bond acceptors (Lipinski definition) is 2. The highest BCUT2D eigenvalue weighted by atomic mass is 35.5. The lowest BCUT2D eigenvalue weighted by Crippen LogP contribution is -2.43. The van der Waals surface area contributed by atoms with Gasteiger partial charge in [0.2, 0.25) is 0 Å². The molecule has 0 aromatic heterocycles. The first-order valence-corrected chi connectivity index (χ1v) is 8.78. The van der Waals surface area contributed by atoms with E-state index < -0.39 is 12.0 Å². The molecule has 1 aliphatic carbocycles. The molecule has 0 aliphatic heterocycles. The molecule has 3 rings (SSSR count). The van der Waals surface area contributed by atoms with E-state index in [0.717, 1.165) is 29.8 Å². The Morgan fingerprint density at radius 3 is 2.50 bits per heavy atom. The molecule has 3 nitrogen and oxygen atoms in total. The number of aliphatic carboxylic acids is 1. The third kappa shape index (κ3) is 4.37. The molecule has 0 spiro atoms. The van der Waals surface area contributed by atoms with Gasteiger partial charge in [0.25, 0.3) is 0 Å². The maximum Gasteiger partial charge on any atom is 0.321 e. The highest BCUT2D eigenvalue weighted by Crippen LogP contribution is 2.35. The minimum absolute atomic E-state index is 0.246. The minimum Gasteiger partial charge on any atom is -0.480 e. The fourth-order valence-electron chi connectivity index (χ4n) is 3.52. The summed E-state index contributed by atoms with van der Waals surface area (Å²) >= 11 is 5.95. The largest absolute Gasteiger partial charge is 0.480 e. The van der Waals surface area contributed by atoms with Gasteiger partial charge >= 0.3 is 5.97 Å². The summed E-state index contributed by atoms with van der Waals surface area (Å²) < 4.78 is 0. The SMILES string of the molecule is O=C(O)[C@@H](Cc1ccccc1)NC1CCC(c2ccc(Cl)cc2)C1. The molecule has 0 saturated heterocycles. The van der Waals surface area contributed by atoms with Crippen molar-refractivity contribution in [1.82, 2.24) is 5.32 Å². The lowest BCUT2D eigenvalue weighted by atomic mass is 9.97. The summed E-state index contributed by atoms with van der Waals surface area (Å²) in [6.07, 6.45) is 3.57. The van der Waals surface area contributed by atoms with Crippen molar-refractivity contribution in [1.29, 1.82) is 0 Å². The normalized spacial score (nSPS) is 21.5. The van der Waals surface area contributed by atoms with Crippen LogP contribution in [0, 0.1) is 0 Å². The molecule has 2 aromatic carbocycles. The third-order valence-corrected chi connectivity index (χ3v) is 5.04. The topological polar surface area (TPSA) is 49.3 Å². The monoisotopic (exact) mass is 343 g/mol. The zero-order valence-corrected chi connectivity index (χ0v) is 14.2. The van der Waals surface area contributed by atoms with Gasteiger partial charge in [-0.15, -0.1) is 0 Å². The van der Waals surface area contributed by atoms with Crippen LogP contribution in [0.2, 0.25) is 5.02 Å². The van der Waals surface area contributed by atoms with Gasteiger partial charge in [0.15, 0.2) is 0 Å². The molecule has 2 N–H and O–H groups in total. The smallest absolute Gasteiger partial charge is 0.321 e. The zero-order chi connectivity index (χ0) is 16.9. The second-order valence-corrected chi connectivity index (χ2v) is 6.94. The summed E-state index contributed by atoms with van der Waals surface area (Å²) in [5.41, 5.74) is 2.34. The van der Waals surface area contributed by atoms with Crippen molar-refractivity contribution < 1.29 is 9.90 Å². The number of hydrogen-bond donors (Lipinski definition) is 2. The van der Waals surface area contributed by atoms with E-state index in [-0.39, 0.29) is 6.04 Å². The van der Waals surface area contributed by atoms with Crippen LogP contribution in [0.1, 0.15) is 36.3 Å². The van der Waals surface area contributed by atoms with Gasteiger partial charge in [0.05, 0.1) is 0 Å². The Morgan fingerprint density at radius 1 is 1.12 bits per heavy atom. The molecule has 2 aromatic rings. The Morgan fingerprint density at radius 2 is 1.83 bits per heavy atom. The fourth-order valence-corrected chi connectivity index (χ4v) is 3.65. The predicted octanol–water partition coefficient (Wildman–Crippen LogP) is 4.26. The van der Waals surface area contributed by atoms with Gasteiger partial charge in [-0.05, 0) is 54.9 Å². The van der Waals surface area contributed by atoms with Crippen molar-refractivity contribution in [2.24, 2.45) is 0 Å². The lowest BCUT2D eigenvalue weighted by Gasteiger charge is -2.20. The van der Waals surface area contributed by atoms with Gasteiger partial charge in [-0.3, -0.25) is 4.79 Å². The number of carbonyl (C=O) groups is 1. The van der Waals surface area contributed by atoms with Gasteiger partial charge in [-0.1, -0.05) is 54.1 Å². The van der Waals surface area contributed by atoms with E-state index in [2.05, 4.69) is 17.4 Å². The molecule has 0 radical (unpaired) electrons. The molecule has 2 unspecified atom stereocenters. The van der Waals surface area contributed by atoms with E-state index in [4.69, 9.17) is 11.6 Å². The van der Waals surface area contributed by atoms with Crippen LogP contribution >= 0.6 is 11.6 Å². The number of carboxylic acids is 1. The lowest BCUT2D eigenvalue weighted by molar-refractivity contribution is -0.139. The average molecular weight is 344 g/mol. The third-order valence-electron chi connectivity index (χ3n) is 4.79. The van der Waals surface area contributed by atoms with Crippen molar-refractivity contribution in [3.63, 3.8) is 0 Å². The number of rotatable bonds is 6. The van der Waals surface area contributed by atoms with E-state index in [0.29, 0.717) is 12.3 Å². The van der Waals surface area contributed by atoms with E-state index in [9.17, 15) is 9.90 Å². The Hall–Kier alpha value is -1.84. The predicted molar refractivity (Wildman–Crippen MR) is 96.5 cm³/mol. The molecule has 1 saturated carbocycles.